The average molecular weight is 461 g/mol. The molecule has 0 bridgehead atoms. The van der Waals surface area contributed by atoms with Crippen LogP contribution in [0.3, 0.4) is 0 Å². The van der Waals surface area contributed by atoms with E-state index >= 15 is 0 Å². The van der Waals surface area contributed by atoms with E-state index in [-0.39, 0.29) is 11.8 Å². The molecule has 0 radical (unpaired) electrons. The Morgan fingerprint density at radius 2 is 1.94 bits per heavy atom. The van der Waals surface area contributed by atoms with Crippen LogP contribution in [0.2, 0.25) is 5.02 Å². The molecule has 0 atom stereocenters. The minimum absolute atomic E-state index is 0.0931. The van der Waals surface area contributed by atoms with E-state index in [1.807, 2.05) is 80.6 Å². The van der Waals surface area contributed by atoms with Gasteiger partial charge in [0.2, 0.25) is 0 Å². The normalized spacial score (nSPS) is 10.9. The van der Waals surface area contributed by atoms with Crippen LogP contribution >= 0.6 is 11.6 Å². The Bertz CT molecular complexity index is 1240. The summed E-state index contributed by atoms with van der Waals surface area (Å²) in [4.78, 5) is 17.3. The van der Waals surface area contributed by atoms with E-state index in [4.69, 9.17) is 16.3 Å². The highest BCUT2D eigenvalue weighted by atomic mass is 35.5. The quantitative estimate of drug-likeness (QED) is 0.374. The van der Waals surface area contributed by atoms with Gasteiger partial charge >= 0.3 is 0 Å². The number of amides is 1. The average Bonchev–Trinajstić information content (AvgIpc) is 3.28. The monoisotopic (exact) mass is 460 g/mol. The summed E-state index contributed by atoms with van der Waals surface area (Å²) in [5.41, 5.74) is 4.00. The van der Waals surface area contributed by atoms with E-state index in [1.165, 1.54) is 0 Å². The predicted octanol–water partition coefficient (Wildman–Crippen LogP) is 5.55. The van der Waals surface area contributed by atoms with Gasteiger partial charge < -0.3 is 10.1 Å². The third-order valence-electron chi connectivity index (χ3n) is 5.12. The van der Waals surface area contributed by atoms with Crippen molar-refractivity contribution in [1.29, 1.82) is 0 Å². The molecular weight excluding hydrogens is 436 g/mol. The molecule has 0 spiro atoms. The molecule has 4 aromatic rings. The van der Waals surface area contributed by atoms with E-state index in [2.05, 4.69) is 15.4 Å². The van der Waals surface area contributed by atoms with Crippen LogP contribution < -0.4 is 10.1 Å². The first-order valence-corrected chi connectivity index (χ1v) is 11.1. The smallest absolute Gasteiger partial charge is 0.255 e. The van der Waals surface area contributed by atoms with Gasteiger partial charge in [-0.25, -0.2) is 4.68 Å². The minimum Gasteiger partial charge on any atom is -0.487 e. The summed E-state index contributed by atoms with van der Waals surface area (Å²) in [6, 6.07) is 20.8. The molecule has 1 amide bonds. The second-order valence-corrected chi connectivity index (χ2v) is 8.37. The zero-order valence-corrected chi connectivity index (χ0v) is 19.3. The lowest BCUT2D eigenvalue weighted by Gasteiger charge is -2.13. The molecule has 168 valence electrons. The lowest BCUT2D eigenvalue weighted by molar-refractivity contribution is 0.0949. The number of nitrogens with one attached hydrogen (secondary N) is 1. The first-order chi connectivity index (χ1) is 16.0. The molecule has 0 saturated heterocycles. The molecule has 0 saturated carbocycles. The topological polar surface area (TPSA) is 69.0 Å². The van der Waals surface area contributed by atoms with Crippen LogP contribution in [0.4, 0.5) is 0 Å². The second kappa shape index (κ2) is 10.3. The highest BCUT2D eigenvalue weighted by Crippen LogP contribution is 2.24. The number of carbonyl (C=O) groups is 1. The standard InChI is InChI=1S/C26H25ClN4O2/c1-18(2)25-24(16-30-31(25)22-10-6-8-20(27)14-22)26(32)29-15-19-7-5-11-23(13-19)33-17-21-9-3-4-12-28-21/h3-14,16,18H,15,17H2,1-2H3,(H,29,32). The first-order valence-electron chi connectivity index (χ1n) is 10.7. The Morgan fingerprint density at radius 3 is 2.70 bits per heavy atom. The summed E-state index contributed by atoms with van der Waals surface area (Å²) in [5.74, 6) is 0.645. The SMILES string of the molecule is CC(C)c1c(C(=O)NCc2cccc(OCc3ccccn3)c2)cnn1-c1cccc(Cl)c1. The van der Waals surface area contributed by atoms with Gasteiger partial charge in [-0.05, 0) is 53.9 Å². The van der Waals surface area contributed by atoms with Crippen molar-refractivity contribution in [3.63, 3.8) is 0 Å². The van der Waals surface area contributed by atoms with E-state index < -0.39 is 0 Å². The number of hydrogen-bond donors (Lipinski definition) is 1. The fourth-order valence-electron chi connectivity index (χ4n) is 3.57. The van der Waals surface area contributed by atoms with Crippen LogP contribution in [0.25, 0.3) is 5.69 Å². The molecule has 2 aromatic carbocycles. The fraction of sp³-hybridized carbons (Fsp3) is 0.192. The number of benzene rings is 2. The van der Waals surface area contributed by atoms with Crippen molar-refractivity contribution >= 4 is 17.5 Å². The maximum absolute atomic E-state index is 13.0. The number of nitrogens with zero attached hydrogens (tertiary/aromatic N) is 3. The molecule has 4 rings (SSSR count). The Kier molecular flexibility index (Phi) is 7.05. The molecule has 7 heteroatoms. The maximum atomic E-state index is 13.0. The summed E-state index contributed by atoms with van der Waals surface area (Å²) in [7, 11) is 0. The molecule has 33 heavy (non-hydrogen) atoms. The molecule has 2 heterocycles. The molecule has 0 fully saturated rings. The highest BCUT2D eigenvalue weighted by molar-refractivity contribution is 6.30. The van der Waals surface area contributed by atoms with Crippen LogP contribution in [0.1, 0.15) is 47.1 Å². The molecule has 0 aliphatic carbocycles. The van der Waals surface area contributed by atoms with Gasteiger partial charge in [0.15, 0.2) is 0 Å². The van der Waals surface area contributed by atoms with Crippen LogP contribution in [0, 0.1) is 0 Å². The summed E-state index contributed by atoms with van der Waals surface area (Å²) in [6.07, 6.45) is 3.35. The van der Waals surface area contributed by atoms with Crippen LogP contribution in [-0.2, 0) is 13.2 Å². The summed E-state index contributed by atoms with van der Waals surface area (Å²) >= 11 is 6.15. The van der Waals surface area contributed by atoms with Gasteiger partial charge in [-0.2, -0.15) is 5.10 Å². The van der Waals surface area contributed by atoms with Gasteiger partial charge in [-0.3, -0.25) is 9.78 Å². The molecule has 0 unspecified atom stereocenters. The Hall–Kier alpha value is -3.64. The van der Waals surface area contributed by atoms with Gasteiger partial charge in [0.1, 0.15) is 12.4 Å². The number of ether oxygens (including phenoxy) is 1. The molecular formula is C26H25ClN4O2. The summed E-state index contributed by atoms with van der Waals surface area (Å²) in [6.45, 7) is 4.84. The zero-order chi connectivity index (χ0) is 23.2. The third kappa shape index (κ3) is 5.59. The number of hydrogen-bond acceptors (Lipinski definition) is 4. The Morgan fingerprint density at radius 1 is 1.09 bits per heavy atom. The van der Waals surface area contributed by atoms with E-state index in [1.54, 1.807) is 17.1 Å². The van der Waals surface area contributed by atoms with Crippen molar-refractivity contribution in [2.24, 2.45) is 0 Å². The molecule has 1 N–H and O–H groups in total. The van der Waals surface area contributed by atoms with Gasteiger partial charge in [0, 0.05) is 17.8 Å². The first kappa shape index (κ1) is 22.6. The van der Waals surface area contributed by atoms with Crippen molar-refractivity contribution in [3.05, 3.63) is 107 Å². The zero-order valence-electron chi connectivity index (χ0n) is 18.5. The summed E-state index contributed by atoms with van der Waals surface area (Å²) < 4.78 is 7.61. The highest BCUT2D eigenvalue weighted by Gasteiger charge is 2.21. The predicted molar refractivity (Wildman–Crippen MR) is 129 cm³/mol. The Labute approximate surface area is 198 Å². The maximum Gasteiger partial charge on any atom is 0.255 e. The number of halogens is 1. The van der Waals surface area contributed by atoms with Crippen molar-refractivity contribution < 1.29 is 9.53 Å². The van der Waals surface area contributed by atoms with Gasteiger partial charge in [-0.1, -0.05) is 49.7 Å². The van der Waals surface area contributed by atoms with E-state index in [0.717, 1.165) is 28.4 Å². The van der Waals surface area contributed by atoms with E-state index in [0.29, 0.717) is 23.7 Å². The van der Waals surface area contributed by atoms with Crippen LogP contribution in [0.15, 0.2) is 79.1 Å². The van der Waals surface area contributed by atoms with Crippen molar-refractivity contribution in [3.8, 4) is 11.4 Å². The molecule has 2 aromatic heterocycles. The lowest BCUT2D eigenvalue weighted by atomic mass is 10.0. The largest absolute Gasteiger partial charge is 0.487 e. The van der Waals surface area contributed by atoms with Gasteiger partial charge in [-0.15, -0.1) is 0 Å². The van der Waals surface area contributed by atoms with E-state index in [9.17, 15) is 4.79 Å². The summed E-state index contributed by atoms with van der Waals surface area (Å²) in [5, 5.41) is 8.08. The number of pyridine rings is 1. The number of aromatic nitrogens is 3. The van der Waals surface area contributed by atoms with Crippen LogP contribution in [0.5, 0.6) is 5.75 Å². The second-order valence-electron chi connectivity index (χ2n) is 7.93. The van der Waals surface area contributed by atoms with Gasteiger partial charge in [0.25, 0.3) is 5.91 Å². The molecule has 0 aliphatic rings. The third-order valence-corrected chi connectivity index (χ3v) is 5.35. The van der Waals surface area contributed by atoms with Crippen molar-refractivity contribution in [1.82, 2.24) is 20.1 Å². The minimum atomic E-state index is -0.174. The number of rotatable bonds is 8. The number of carbonyl (C=O) groups excluding carboxylic acids is 1. The molecule has 6 nitrogen and oxygen atoms in total. The molecule has 0 aliphatic heterocycles. The van der Waals surface area contributed by atoms with Crippen molar-refractivity contribution in [2.45, 2.75) is 32.9 Å². The van der Waals surface area contributed by atoms with Gasteiger partial charge in [0.05, 0.1) is 28.8 Å². The van der Waals surface area contributed by atoms with Crippen LogP contribution in [-0.4, -0.2) is 20.7 Å². The lowest BCUT2D eigenvalue weighted by Crippen LogP contribution is -2.24. The fourth-order valence-corrected chi connectivity index (χ4v) is 3.75. The Balaban J connectivity index is 1.45. The van der Waals surface area contributed by atoms with Crippen molar-refractivity contribution in [2.75, 3.05) is 0 Å².